The predicted molar refractivity (Wildman–Crippen MR) is 42.9 cm³/mol. The molecule has 0 fully saturated rings. The van der Waals surface area contributed by atoms with Crippen LogP contribution in [0.1, 0.15) is 21.8 Å². The number of carbonyl (C=O) groups excluding carboxylic acids is 1. The summed E-state index contributed by atoms with van der Waals surface area (Å²) in [5.41, 5.74) is 0.663. The van der Waals surface area contributed by atoms with Gasteiger partial charge in [0.15, 0.2) is 5.78 Å². The number of Topliss-reactive ketones (excluding diaryl/α,β-unsaturated/α-hetero) is 1. The van der Waals surface area contributed by atoms with Crippen molar-refractivity contribution in [1.82, 2.24) is 4.98 Å². The van der Waals surface area contributed by atoms with Crippen LogP contribution in [0.5, 0.6) is 0 Å². The molecule has 1 aliphatic rings. The number of hydrogen-bond acceptors (Lipinski definition) is 3. The van der Waals surface area contributed by atoms with E-state index in [0.29, 0.717) is 17.0 Å². The van der Waals surface area contributed by atoms with Crippen LogP contribution in [0.3, 0.4) is 0 Å². The Hall–Kier alpha value is -1.16. The third kappa shape index (κ3) is 0.952. The van der Waals surface area contributed by atoms with Gasteiger partial charge in [-0.25, -0.2) is 0 Å². The lowest BCUT2D eigenvalue weighted by molar-refractivity contribution is 0.0998. The third-order valence-corrected chi connectivity index (χ3v) is 2.46. The minimum absolute atomic E-state index is 0.0332. The number of allylic oxidation sites excluding steroid dienone is 1. The largest absolute Gasteiger partial charge is 0.312 e. The topological polar surface area (TPSA) is 49.9 Å². The van der Waals surface area contributed by atoms with Crippen molar-refractivity contribution < 1.29 is 4.79 Å². The van der Waals surface area contributed by atoms with Crippen molar-refractivity contribution in [2.45, 2.75) is 6.42 Å². The van der Waals surface area contributed by atoms with E-state index >= 15 is 0 Å². The van der Waals surface area contributed by atoms with Gasteiger partial charge in [-0.05, 0) is 6.08 Å². The molecule has 0 amide bonds. The summed E-state index contributed by atoms with van der Waals surface area (Å²) in [6.07, 6.45) is 3.95. The zero-order chi connectivity index (χ0) is 7.84. The van der Waals surface area contributed by atoms with Gasteiger partial charge in [0, 0.05) is 6.42 Å². The van der Waals surface area contributed by atoms with Crippen molar-refractivity contribution in [3.8, 4) is 0 Å². The minimum atomic E-state index is -0.157. The Bertz CT molecular complexity index is 385. The second-order valence-corrected chi connectivity index (χ2v) is 3.27. The van der Waals surface area contributed by atoms with Crippen molar-refractivity contribution in [2.75, 3.05) is 0 Å². The Morgan fingerprint density at radius 2 is 2.27 bits per heavy atom. The molecule has 1 heterocycles. The zero-order valence-electron chi connectivity index (χ0n) is 5.59. The number of carbonyl (C=O) groups is 1. The maximum atomic E-state index is 11.1. The van der Waals surface area contributed by atoms with E-state index in [2.05, 4.69) is 4.98 Å². The highest BCUT2D eigenvalue weighted by Gasteiger charge is 2.15. The number of fused-ring (bicyclic) bond motifs is 1. The summed E-state index contributed by atoms with van der Waals surface area (Å²) in [6, 6.07) is 0. The van der Waals surface area contributed by atoms with E-state index in [1.807, 2.05) is 0 Å². The molecule has 0 radical (unpaired) electrons. The van der Waals surface area contributed by atoms with Crippen molar-refractivity contribution >= 4 is 23.2 Å². The van der Waals surface area contributed by atoms with Crippen LogP contribution in [0.15, 0.2) is 10.9 Å². The SMILES string of the molecule is O=C1CC=Cc2[nH]c(=O)sc21. The summed E-state index contributed by atoms with van der Waals surface area (Å²) in [5, 5.41) is 0. The highest BCUT2D eigenvalue weighted by Crippen LogP contribution is 2.18. The molecule has 0 aliphatic heterocycles. The van der Waals surface area contributed by atoms with Crippen molar-refractivity contribution in [2.24, 2.45) is 0 Å². The van der Waals surface area contributed by atoms with Gasteiger partial charge in [0.05, 0.1) is 10.6 Å². The lowest BCUT2D eigenvalue weighted by Gasteiger charge is -1.99. The van der Waals surface area contributed by atoms with Gasteiger partial charge in [-0.15, -0.1) is 0 Å². The van der Waals surface area contributed by atoms with E-state index in [4.69, 9.17) is 0 Å². The van der Waals surface area contributed by atoms with Gasteiger partial charge in [-0.1, -0.05) is 17.4 Å². The molecule has 0 atom stereocenters. The predicted octanol–water partition coefficient (Wildman–Crippen LogP) is 1.04. The van der Waals surface area contributed by atoms with Gasteiger partial charge in [-0.3, -0.25) is 9.59 Å². The fourth-order valence-corrected chi connectivity index (χ4v) is 1.81. The molecular formula is C7H5NO2S. The van der Waals surface area contributed by atoms with Crippen LogP contribution in [0.2, 0.25) is 0 Å². The first-order chi connectivity index (χ1) is 5.27. The molecule has 56 valence electrons. The fourth-order valence-electron chi connectivity index (χ4n) is 1.04. The molecule has 1 aromatic heterocycles. The number of aromatic amines is 1. The first-order valence-corrected chi connectivity index (χ1v) is 4.02. The maximum absolute atomic E-state index is 11.1. The summed E-state index contributed by atoms with van der Waals surface area (Å²) in [7, 11) is 0. The molecule has 1 N–H and O–H groups in total. The maximum Gasteiger partial charge on any atom is 0.305 e. The molecule has 4 heteroatoms. The average Bonchev–Trinajstić information content (AvgIpc) is 2.31. The van der Waals surface area contributed by atoms with Crippen LogP contribution in [0.25, 0.3) is 6.08 Å². The van der Waals surface area contributed by atoms with Gasteiger partial charge in [-0.2, -0.15) is 0 Å². The Balaban J connectivity index is 2.71. The molecule has 1 aromatic rings. The summed E-state index contributed by atoms with van der Waals surface area (Å²) in [4.78, 5) is 24.9. The molecule has 0 aromatic carbocycles. The van der Waals surface area contributed by atoms with Gasteiger partial charge < -0.3 is 4.98 Å². The highest BCUT2D eigenvalue weighted by molar-refractivity contribution is 7.11. The Morgan fingerprint density at radius 1 is 1.45 bits per heavy atom. The summed E-state index contributed by atoms with van der Waals surface area (Å²) in [5.74, 6) is 0.0332. The molecule has 0 saturated heterocycles. The van der Waals surface area contributed by atoms with Gasteiger partial charge in [0.2, 0.25) is 0 Å². The van der Waals surface area contributed by atoms with Crippen molar-refractivity contribution in [3.05, 3.63) is 26.3 Å². The first kappa shape index (κ1) is 6.54. The molecule has 2 rings (SSSR count). The summed E-state index contributed by atoms with van der Waals surface area (Å²) < 4.78 is 0. The normalized spacial score (nSPS) is 15.1. The molecule has 1 aliphatic carbocycles. The lowest BCUT2D eigenvalue weighted by atomic mass is 10.1. The standard InChI is InChI=1S/C7H5NO2S/c9-5-3-1-2-4-6(5)11-7(10)8-4/h1-2H,3H2,(H,8,10). The van der Waals surface area contributed by atoms with E-state index in [-0.39, 0.29) is 10.7 Å². The summed E-state index contributed by atoms with van der Waals surface area (Å²) >= 11 is 0.986. The number of hydrogen-bond donors (Lipinski definition) is 1. The Kier molecular flexibility index (Phi) is 1.29. The fraction of sp³-hybridized carbons (Fsp3) is 0.143. The smallest absolute Gasteiger partial charge is 0.305 e. The summed E-state index contributed by atoms with van der Waals surface area (Å²) in [6.45, 7) is 0. The van der Waals surface area contributed by atoms with E-state index in [1.165, 1.54) is 0 Å². The highest BCUT2D eigenvalue weighted by atomic mass is 32.1. The lowest BCUT2D eigenvalue weighted by Crippen LogP contribution is -2.00. The average molecular weight is 167 g/mol. The first-order valence-electron chi connectivity index (χ1n) is 3.20. The van der Waals surface area contributed by atoms with E-state index in [1.54, 1.807) is 12.2 Å². The van der Waals surface area contributed by atoms with Crippen LogP contribution in [0.4, 0.5) is 0 Å². The second kappa shape index (κ2) is 2.17. The molecule has 0 bridgehead atoms. The number of thiazole rings is 1. The van der Waals surface area contributed by atoms with Crippen LogP contribution >= 0.6 is 11.3 Å². The number of H-pyrrole nitrogens is 1. The number of ketones is 1. The zero-order valence-corrected chi connectivity index (χ0v) is 6.40. The quantitative estimate of drug-likeness (QED) is 0.627. The van der Waals surface area contributed by atoms with Crippen molar-refractivity contribution in [1.29, 1.82) is 0 Å². The third-order valence-electron chi connectivity index (χ3n) is 1.52. The van der Waals surface area contributed by atoms with Crippen LogP contribution in [-0.2, 0) is 0 Å². The molecule has 3 nitrogen and oxygen atoms in total. The van der Waals surface area contributed by atoms with E-state index in [9.17, 15) is 9.59 Å². The number of rotatable bonds is 0. The molecule has 0 unspecified atom stereocenters. The van der Waals surface area contributed by atoms with Gasteiger partial charge in [0.25, 0.3) is 0 Å². The Labute approximate surface area is 66.4 Å². The molecule has 0 spiro atoms. The monoisotopic (exact) mass is 167 g/mol. The van der Waals surface area contributed by atoms with Crippen LogP contribution < -0.4 is 4.87 Å². The van der Waals surface area contributed by atoms with Gasteiger partial charge >= 0.3 is 4.87 Å². The Morgan fingerprint density at radius 3 is 3.00 bits per heavy atom. The van der Waals surface area contributed by atoms with E-state index in [0.717, 1.165) is 11.3 Å². The number of nitrogens with one attached hydrogen (secondary N) is 1. The van der Waals surface area contributed by atoms with Crippen LogP contribution in [-0.4, -0.2) is 10.8 Å². The molecular weight excluding hydrogens is 162 g/mol. The van der Waals surface area contributed by atoms with Crippen molar-refractivity contribution in [3.63, 3.8) is 0 Å². The molecule has 0 saturated carbocycles. The van der Waals surface area contributed by atoms with E-state index < -0.39 is 0 Å². The van der Waals surface area contributed by atoms with Gasteiger partial charge in [0.1, 0.15) is 0 Å². The second-order valence-electron chi connectivity index (χ2n) is 2.29. The van der Waals surface area contributed by atoms with Crippen LogP contribution in [0, 0.1) is 0 Å². The molecule has 11 heavy (non-hydrogen) atoms. The number of aromatic nitrogens is 1. The minimum Gasteiger partial charge on any atom is -0.312 e.